The quantitative estimate of drug-likeness (QED) is 0.447. The molecule has 8 heteroatoms. The first-order chi connectivity index (χ1) is 9.50. The number of aldehydes is 1. The van der Waals surface area contributed by atoms with Gasteiger partial charge in [0, 0.05) is 18.7 Å². The number of ether oxygens (including phenoxy) is 1. The van der Waals surface area contributed by atoms with Crippen molar-refractivity contribution >= 4 is 6.29 Å². The van der Waals surface area contributed by atoms with E-state index in [1.807, 2.05) is 0 Å². The maximum Gasteiger partial charge on any atom is 0.330 e. The van der Waals surface area contributed by atoms with Gasteiger partial charge in [0.1, 0.15) is 24.2 Å². The second-order valence-corrected chi connectivity index (χ2v) is 4.47. The van der Waals surface area contributed by atoms with Gasteiger partial charge < -0.3 is 14.9 Å². The zero-order chi connectivity index (χ0) is 14.8. The maximum atomic E-state index is 11.7. The summed E-state index contributed by atoms with van der Waals surface area (Å²) in [6.07, 6.45) is 2.21. The van der Waals surface area contributed by atoms with Crippen molar-refractivity contribution < 1.29 is 19.7 Å². The van der Waals surface area contributed by atoms with Crippen LogP contribution >= 0.6 is 0 Å². The number of H-pyrrole nitrogens is 1. The molecular formula is C12H14N2O6. The highest BCUT2D eigenvalue weighted by Gasteiger charge is 2.46. The molecule has 1 aliphatic rings. The van der Waals surface area contributed by atoms with Gasteiger partial charge in [0.15, 0.2) is 0 Å². The van der Waals surface area contributed by atoms with E-state index in [0.717, 1.165) is 16.7 Å². The standard InChI is InChI=1S/C12H14N2O6/c15-5-1-3-12(19)6-10(20-8(12)7-16)14-4-2-9(17)13-11(14)18/h1-5,8,10,16,19H,6-7H2,(H,13,17,18)/b3-1+/t8-,10-,12+/m1/s1. The summed E-state index contributed by atoms with van der Waals surface area (Å²) < 4.78 is 6.51. The monoisotopic (exact) mass is 282 g/mol. The van der Waals surface area contributed by atoms with Crippen molar-refractivity contribution in [2.45, 2.75) is 24.4 Å². The van der Waals surface area contributed by atoms with E-state index >= 15 is 0 Å². The third-order valence-electron chi connectivity index (χ3n) is 3.17. The van der Waals surface area contributed by atoms with Gasteiger partial charge in [-0.1, -0.05) is 0 Å². The summed E-state index contributed by atoms with van der Waals surface area (Å²) in [5.41, 5.74) is -2.78. The number of rotatable bonds is 4. The van der Waals surface area contributed by atoms with E-state index in [-0.39, 0.29) is 6.42 Å². The number of hydrogen-bond acceptors (Lipinski definition) is 6. The van der Waals surface area contributed by atoms with Crippen molar-refractivity contribution in [2.75, 3.05) is 6.61 Å². The topological polar surface area (TPSA) is 122 Å². The van der Waals surface area contributed by atoms with Gasteiger partial charge in [-0.3, -0.25) is 19.1 Å². The van der Waals surface area contributed by atoms with Crippen LogP contribution < -0.4 is 11.2 Å². The van der Waals surface area contributed by atoms with Crippen molar-refractivity contribution in [3.05, 3.63) is 45.3 Å². The fourth-order valence-electron chi connectivity index (χ4n) is 2.17. The Kier molecular flexibility index (Phi) is 3.98. The molecular weight excluding hydrogens is 268 g/mol. The summed E-state index contributed by atoms with van der Waals surface area (Å²) >= 11 is 0. The molecule has 0 aliphatic carbocycles. The third-order valence-corrected chi connectivity index (χ3v) is 3.17. The fourth-order valence-corrected chi connectivity index (χ4v) is 2.17. The van der Waals surface area contributed by atoms with Gasteiger partial charge in [0.05, 0.1) is 6.61 Å². The average molecular weight is 282 g/mol. The van der Waals surface area contributed by atoms with E-state index in [0.29, 0.717) is 6.29 Å². The minimum absolute atomic E-state index is 0.0332. The molecule has 0 bridgehead atoms. The number of nitrogens with one attached hydrogen (secondary N) is 1. The summed E-state index contributed by atoms with van der Waals surface area (Å²) in [5.74, 6) is 0. The number of nitrogens with zero attached hydrogens (tertiary/aromatic N) is 1. The molecule has 0 saturated carbocycles. The molecule has 3 atom stereocenters. The lowest BCUT2D eigenvalue weighted by Crippen LogP contribution is -2.38. The SMILES string of the molecule is O=C/C=C/[C@]1(O)C[C@H](n2ccc(=O)[nH]c2=O)O[C@@H]1CO. The number of allylic oxidation sites excluding steroid dienone is 1. The van der Waals surface area contributed by atoms with E-state index in [4.69, 9.17) is 4.74 Å². The van der Waals surface area contributed by atoms with Gasteiger partial charge in [-0.15, -0.1) is 0 Å². The van der Waals surface area contributed by atoms with E-state index < -0.39 is 35.8 Å². The molecule has 0 aromatic carbocycles. The van der Waals surface area contributed by atoms with Crippen LogP contribution in [0.3, 0.4) is 0 Å². The Morgan fingerprint density at radius 1 is 1.55 bits per heavy atom. The molecule has 2 heterocycles. The molecule has 1 aromatic rings. The van der Waals surface area contributed by atoms with Crippen LogP contribution in [0.15, 0.2) is 34.0 Å². The summed E-state index contributed by atoms with van der Waals surface area (Å²) in [4.78, 5) is 35.1. The number of aromatic amines is 1. The van der Waals surface area contributed by atoms with Gasteiger partial charge in [-0.05, 0) is 12.2 Å². The minimum atomic E-state index is -1.56. The first-order valence-corrected chi connectivity index (χ1v) is 5.93. The third kappa shape index (κ3) is 2.62. The first-order valence-electron chi connectivity index (χ1n) is 5.93. The molecule has 1 fully saturated rings. The lowest BCUT2D eigenvalue weighted by Gasteiger charge is -2.22. The van der Waals surface area contributed by atoms with Gasteiger partial charge >= 0.3 is 5.69 Å². The van der Waals surface area contributed by atoms with Gasteiger partial charge in [0.2, 0.25) is 0 Å². The van der Waals surface area contributed by atoms with Crippen LogP contribution in [0.25, 0.3) is 0 Å². The Bertz CT molecular complexity index is 633. The second-order valence-electron chi connectivity index (χ2n) is 4.47. The number of aromatic nitrogens is 2. The highest BCUT2D eigenvalue weighted by atomic mass is 16.5. The summed E-state index contributed by atoms with van der Waals surface area (Å²) in [5, 5.41) is 19.6. The number of carbonyl (C=O) groups excluding carboxylic acids is 1. The van der Waals surface area contributed by atoms with Gasteiger partial charge in [-0.2, -0.15) is 0 Å². The zero-order valence-electron chi connectivity index (χ0n) is 10.4. The molecule has 1 aromatic heterocycles. The van der Waals surface area contributed by atoms with Crippen molar-refractivity contribution in [3.8, 4) is 0 Å². The molecule has 8 nitrogen and oxygen atoms in total. The number of aliphatic hydroxyl groups excluding tert-OH is 1. The smallest absolute Gasteiger partial charge is 0.330 e. The lowest BCUT2D eigenvalue weighted by atomic mass is 9.94. The normalized spacial score (nSPS) is 29.9. The van der Waals surface area contributed by atoms with Gasteiger partial charge in [0.25, 0.3) is 5.56 Å². The van der Waals surface area contributed by atoms with Crippen molar-refractivity contribution in [2.24, 2.45) is 0 Å². The Labute approximate surface area is 112 Å². The van der Waals surface area contributed by atoms with Crippen LogP contribution in [0.1, 0.15) is 12.6 Å². The Hall–Kier alpha value is -2.03. The Morgan fingerprint density at radius 3 is 2.90 bits per heavy atom. The van der Waals surface area contributed by atoms with E-state index in [1.54, 1.807) is 0 Å². The summed E-state index contributed by atoms with van der Waals surface area (Å²) in [7, 11) is 0. The summed E-state index contributed by atoms with van der Waals surface area (Å²) in [6, 6.07) is 1.15. The van der Waals surface area contributed by atoms with Crippen molar-refractivity contribution in [3.63, 3.8) is 0 Å². The number of hydrogen-bond donors (Lipinski definition) is 3. The predicted octanol–water partition coefficient (Wildman–Crippen LogP) is -1.70. The summed E-state index contributed by atoms with van der Waals surface area (Å²) in [6.45, 7) is -0.478. The molecule has 108 valence electrons. The van der Waals surface area contributed by atoms with Crippen LogP contribution in [0.4, 0.5) is 0 Å². The van der Waals surface area contributed by atoms with Crippen LogP contribution in [0, 0.1) is 0 Å². The van der Waals surface area contributed by atoms with Gasteiger partial charge in [-0.25, -0.2) is 4.79 Å². The van der Waals surface area contributed by atoms with E-state index in [2.05, 4.69) is 4.98 Å². The maximum absolute atomic E-state index is 11.7. The molecule has 1 aliphatic heterocycles. The molecule has 20 heavy (non-hydrogen) atoms. The number of carbonyl (C=O) groups is 1. The number of aliphatic hydroxyl groups is 2. The Morgan fingerprint density at radius 2 is 2.30 bits per heavy atom. The molecule has 3 N–H and O–H groups in total. The molecule has 0 amide bonds. The van der Waals surface area contributed by atoms with Crippen LogP contribution in [0.5, 0.6) is 0 Å². The molecule has 0 unspecified atom stereocenters. The molecule has 2 rings (SSSR count). The van der Waals surface area contributed by atoms with Crippen molar-refractivity contribution in [1.29, 1.82) is 0 Å². The van der Waals surface area contributed by atoms with E-state index in [1.165, 1.54) is 12.3 Å². The molecule has 1 saturated heterocycles. The van der Waals surface area contributed by atoms with Crippen LogP contribution in [-0.2, 0) is 9.53 Å². The van der Waals surface area contributed by atoms with Crippen LogP contribution in [0.2, 0.25) is 0 Å². The zero-order valence-corrected chi connectivity index (χ0v) is 10.4. The Balaban J connectivity index is 2.33. The molecule has 0 spiro atoms. The van der Waals surface area contributed by atoms with Crippen LogP contribution in [-0.4, -0.2) is 44.4 Å². The molecule has 0 radical (unpaired) electrons. The largest absolute Gasteiger partial charge is 0.394 e. The predicted molar refractivity (Wildman–Crippen MR) is 67.1 cm³/mol. The lowest BCUT2D eigenvalue weighted by molar-refractivity contribution is -0.104. The van der Waals surface area contributed by atoms with Crippen molar-refractivity contribution in [1.82, 2.24) is 9.55 Å². The second kappa shape index (κ2) is 5.53. The average Bonchev–Trinajstić information content (AvgIpc) is 2.74. The minimum Gasteiger partial charge on any atom is -0.394 e. The van der Waals surface area contributed by atoms with E-state index in [9.17, 15) is 24.6 Å². The highest BCUT2D eigenvalue weighted by molar-refractivity contribution is 5.65. The highest BCUT2D eigenvalue weighted by Crippen LogP contribution is 2.36. The first kappa shape index (κ1) is 14.4. The fraction of sp³-hybridized carbons (Fsp3) is 0.417.